The van der Waals surface area contributed by atoms with Crippen molar-refractivity contribution < 1.29 is 4.79 Å². The standard InChI is InChI=1S/C21H22N4O/c1-16-5-4-6-17(15-16)8-9-20(26)24-13-10-18(11-14-24)21-23-22-19-7-2-3-12-25(19)21/h2-9,12,15,18H,10-11,13-14H2,1H3/b9-8-. The van der Waals surface area contributed by atoms with Gasteiger partial charge in [-0.1, -0.05) is 35.9 Å². The van der Waals surface area contributed by atoms with Crippen molar-refractivity contribution in [2.45, 2.75) is 25.7 Å². The van der Waals surface area contributed by atoms with Gasteiger partial charge in [-0.2, -0.15) is 0 Å². The van der Waals surface area contributed by atoms with Crippen LogP contribution in [0.5, 0.6) is 0 Å². The first-order valence-corrected chi connectivity index (χ1v) is 9.04. The molecule has 4 rings (SSSR count). The van der Waals surface area contributed by atoms with E-state index in [-0.39, 0.29) is 5.91 Å². The number of pyridine rings is 1. The summed E-state index contributed by atoms with van der Waals surface area (Å²) in [4.78, 5) is 14.4. The van der Waals surface area contributed by atoms with E-state index in [1.807, 2.05) is 47.5 Å². The predicted octanol–water partition coefficient (Wildman–Crippen LogP) is 3.46. The summed E-state index contributed by atoms with van der Waals surface area (Å²) in [7, 11) is 0. The summed E-state index contributed by atoms with van der Waals surface area (Å²) in [6.07, 6.45) is 7.42. The number of nitrogens with zero attached hydrogens (tertiary/aromatic N) is 4. The highest BCUT2D eigenvalue weighted by Crippen LogP contribution is 2.27. The lowest BCUT2D eigenvalue weighted by Crippen LogP contribution is -2.37. The second-order valence-corrected chi connectivity index (χ2v) is 6.83. The number of amides is 1. The van der Waals surface area contributed by atoms with E-state index in [0.29, 0.717) is 5.92 Å². The van der Waals surface area contributed by atoms with E-state index < -0.39 is 0 Å². The monoisotopic (exact) mass is 346 g/mol. The molecule has 3 aromatic rings. The highest BCUT2D eigenvalue weighted by Gasteiger charge is 2.25. The number of aryl methyl sites for hydroxylation is 1. The van der Waals surface area contributed by atoms with Gasteiger partial charge in [0.25, 0.3) is 0 Å². The molecule has 0 unspecified atom stereocenters. The minimum atomic E-state index is 0.0797. The third-order valence-electron chi connectivity index (χ3n) is 4.97. The number of rotatable bonds is 3. The topological polar surface area (TPSA) is 50.5 Å². The molecule has 0 atom stereocenters. The lowest BCUT2D eigenvalue weighted by atomic mass is 9.96. The number of benzene rings is 1. The first kappa shape index (κ1) is 16.5. The van der Waals surface area contributed by atoms with Crippen LogP contribution in [0, 0.1) is 6.92 Å². The Morgan fingerprint density at radius 3 is 2.77 bits per heavy atom. The highest BCUT2D eigenvalue weighted by atomic mass is 16.2. The first-order valence-electron chi connectivity index (χ1n) is 9.04. The number of likely N-dealkylation sites (tertiary alicyclic amines) is 1. The second-order valence-electron chi connectivity index (χ2n) is 6.83. The van der Waals surface area contributed by atoms with E-state index in [2.05, 4.69) is 33.7 Å². The third-order valence-corrected chi connectivity index (χ3v) is 4.97. The lowest BCUT2D eigenvalue weighted by Gasteiger charge is -2.30. The van der Waals surface area contributed by atoms with Gasteiger partial charge in [0.1, 0.15) is 5.82 Å². The fourth-order valence-corrected chi connectivity index (χ4v) is 3.54. The molecular formula is C21H22N4O. The van der Waals surface area contributed by atoms with Crippen molar-refractivity contribution in [3.8, 4) is 0 Å². The normalized spacial score (nSPS) is 15.8. The summed E-state index contributed by atoms with van der Waals surface area (Å²) in [6, 6.07) is 14.1. The molecule has 0 saturated carbocycles. The van der Waals surface area contributed by atoms with Crippen LogP contribution in [0.4, 0.5) is 0 Å². The van der Waals surface area contributed by atoms with E-state index in [1.54, 1.807) is 6.08 Å². The fourth-order valence-electron chi connectivity index (χ4n) is 3.54. The molecule has 26 heavy (non-hydrogen) atoms. The lowest BCUT2D eigenvalue weighted by molar-refractivity contribution is -0.127. The van der Waals surface area contributed by atoms with Crippen LogP contribution in [0.3, 0.4) is 0 Å². The summed E-state index contributed by atoms with van der Waals surface area (Å²) < 4.78 is 2.06. The molecule has 3 heterocycles. The van der Waals surface area contributed by atoms with E-state index in [0.717, 1.165) is 43.0 Å². The van der Waals surface area contributed by atoms with Gasteiger partial charge in [0, 0.05) is 31.3 Å². The Morgan fingerprint density at radius 1 is 1.12 bits per heavy atom. The molecule has 1 aromatic carbocycles. The zero-order chi connectivity index (χ0) is 17.9. The van der Waals surface area contributed by atoms with Gasteiger partial charge in [-0.25, -0.2) is 0 Å². The zero-order valence-electron chi connectivity index (χ0n) is 14.9. The molecule has 0 aliphatic carbocycles. The number of hydrogen-bond acceptors (Lipinski definition) is 3. The maximum atomic E-state index is 12.5. The van der Waals surface area contributed by atoms with Gasteiger partial charge in [0.05, 0.1) is 0 Å². The quantitative estimate of drug-likeness (QED) is 0.683. The van der Waals surface area contributed by atoms with Crippen molar-refractivity contribution in [2.24, 2.45) is 0 Å². The molecule has 1 fully saturated rings. The van der Waals surface area contributed by atoms with Gasteiger partial charge in [0.15, 0.2) is 5.65 Å². The van der Waals surface area contributed by atoms with Crippen molar-refractivity contribution in [2.75, 3.05) is 13.1 Å². The summed E-state index contributed by atoms with van der Waals surface area (Å²) in [5, 5.41) is 8.61. The smallest absolute Gasteiger partial charge is 0.246 e. The minimum Gasteiger partial charge on any atom is -0.339 e. The molecule has 1 aliphatic rings. The molecule has 5 heteroatoms. The van der Waals surface area contributed by atoms with Crippen LogP contribution in [0.2, 0.25) is 0 Å². The number of aromatic nitrogens is 3. The molecule has 1 aliphatic heterocycles. The van der Waals surface area contributed by atoms with E-state index >= 15 is 0 Å². The van der Waals surface area contributed by atoms with Crippen LogP contribution in [0.1, 0.15) is 35.7 Å². The highest BCUT2D eigenvalue weighted by molar-refractivity contribution is 5.91. The maximum absolute atomic E-state index is 12.5. The van der Waals surface area contributed by atoms with Crippen LogP contribution < -0.4 is 0 Å². The Hall–Kier alpha value is -2.95. The second kappa shape index (κ2) is 7.12. The van der Waals surface area contributed by atoms with E-state index in [9.17, 15) is 4.79 Å². The van der Waals surface area contributed by atoms with Gasteiger partial charge in [-0.15, -0.1) is 10.2 Å². The van der Waals surface area contributed by atoms with Gasteiger partial charge in [0.2, 0.25) is 5.91 Å². The molecule has 132 valence electrons. The van der Waals surface area contributed by atoms with Crippen molar-refractivity contribution >= 4 is 17.6 Å². The SMILES string of the molecule is Cc1cccc(/C=C\C(=O)N2CCC(c3nnc4ccccn34)CC2)c1. The van der Waals surface area contributed by atoms with Crippen LogP contribution in [0.25, 0.3) is 11.7 Å². The molecule has 1 saturated heterocycles. The van der Waals surface area contributed by atoms with E-state index in [4.69, 9.17) is 0 Å². The summed E-state index contributed by atoms with van der Waals surface area (Å²) in [5.74, 6) is 1.43. The van der Waals surface area contributed by atoms with Crippen molar-refractivity contribution in [1.82, 2.24) is 19.5 Å². The molecule has 0 bridgehead atoms. The molecule has 2 aromatic heterocycles. The van der Waals surface area contributed by atoms with Crippen LogP contribution in [-0.4, -0.2) is 38.5 Å². The number of carbonyl (C=O) groups is 1. The molecule has 0 N–H and O–H groups in total. The average Bonchev–Trinajstić information content (AvgIpc) is 3.10. The van der Waals surface area contributed by atoms with Gasteiger partial charge < -0.3 is 4.90 Å². The van der Waals surface area contributed by atoms with Gasteiger partial charge >= 0.3 is 0 Å². The summed E-state index contributed by atoms with van der Waals surface area (Å²) >= 11 is 0. The number of fused-ring (bicyclic) bond motifs is 1. The van der Waals surface area contributed by atoms with Crippen molar-refractivity contribution in [3.05, 3.63) is 71.7 Å². The third kappa shape index (κ3) is 3.38. The van der Waals surface area contributed by atoms with Gasteiger partial charge in [-0.3, -0.25) is 9.20 Å². The van der Waals surface area contributed by atoms with Crippen molar-refractivity contribution in [1.29, 1.82) is 0 Å². The number of hydrogen-bond donors (Lipinski definition) is 0. The van der Waals surface area contributed by atoms with Crippen LogP contribution in [0.15, 0.2) is 54.7 Å². The number of piperidine rings is 1. The Morgan fingerprint density at radius 2 is 1.96 bits per heavy atom. The zero-order valence-corrected chi connectivity index (χ0v) is 14.9. The Balaban J connectivity index is 1.39. The Kier molecular flexibility index (Phi) is 4.52. The predicted molar refractivity (Wildman–Crippen MR) is 102 cm³/mol. The average molecular weight is 346 g/mol. The largest absolute Gasteiger partial charge is 0.339 e. The van der Waals surface area contributed by atoms with Crippen LogP contribution >= 0.6 is 0 Å². The van der Waals surface area contributed by atoms with Gasteiger partial charge in [-0.05, 0) is 43.5 Å². The first-order chi connectivity index (χ1) is 12.7. The van der Waals surface area contributed by atoms with Crippen molar-refractivity contribution in [3.63, 3.8) is 0 Å². The maximum Gasteiger partial charge on any atom is 0.246 e. The summed E-state index contributed by atoms with van der Waals surface area (Å²) in [6.45, 7) is 3.56. The molecule has 0 radical (unpaired) electrons. The number of carbonyl (C=O) groups excluding carboxylic acids is 1. The Bertz CT molecular complexity index is 951. The Labute approximate surface area is 153 Å². The molecular weight excluding hydrogens is 324 g/mol. The molecule has 5 nitrogen and oxygen atoms in total. The van der Waals surface area contributed by atoms with Crippen LogP contribution in [-0.2, 0) is 4.79 Å². The fraction of sp³-hybridized carbons (Fsp3) is 0.286. The molecule has 0 spiro atoms. The van der Waals surface area contributed by atoms with E-state index in [1.165, 1.54) is 5.56 Å². The minimum absolute atomic E-state index is 0.0797. The summed E-state index contributed by atoms with van der Waals surface area (Å²) in [5.41, 5.74) is 3.13. The molecule has 1 amide bonds.